The van der Waals surface area contributed by atoms with E-state index in [4.69, 9.17) is 0 Å². The van der Waals surface area contributed by atoms with Crippen LogP contribution < -0.4 is 0 Å². The summed E-state index contributed by atoms with van der Waals surface area (Å²) in [6, 6.07) is 6.19. The molecule has 0 saturated carbocycles. The highest BCUT2D eigenvalue weighted by Gasteiger charge is 2.21. The summed E-state index contributed by atoms with van der Waals surface area (Å²) in [5, 5.41) is 10.2. The fraction of sp³-hybridized carbons (Fsp3) is 0.538. The average Bonchev–Trinajstić information content (AvgIpc) is 2.09. The van der Waals surface area contributed by atoms with E-state index < -0.39 is 5.60 Å². The molecule has 0 fully saturated rings. The van der Waals surface area contributed by atoms with Crippen LogP contribution in [0.2, 0.25) is 0 Å². The van der Waals surface area contributed by atoms with Crippen molar-refractivity contribution in [1.82, 2.24) is 0 Å². The van der Waals surface area contributed by atoms with Crippen LogP contribution in [0.25, 0.3) is 0 Å². The highest BCUT2D eigenvalue weighted by atomic mass is 16.3. The van der Waals surface area contributed by atoms with Gasteiger partial charge in [-0.15, -0.1) is 0 Å². The molecule has 0 aliphatic carbocycles. The Kier molecular flexibility index (Phi) is 3.33. The van der Waals surface area contributed by atoms with Crippen molar-refractivity contribution in [3.8, 4) is 0 Å². The predicted molar refractivity (Wildman–Crippen MR) is 60.4 cm³/mol. The van der Waals surface area contributed by atoms with Crippen LogP contribution in [-0.4, -0.2) is 5.11 Å². The number of hydrogen-bond acceptors (Lipinski definition) is 1. The summed E-state index contributed by atoms with van der Waals surface area (Å²) in [7, 11) is 0. The molecule has 0 saturated heterocycles. The topological polar surface area (TPSA) is 20.2 Å². The van der Waals surface area contributed by atoms with Crippen molar-refractivity contribution in [3.63, 3.8) is 0 Å². The lowest BCUT2D eigenvalue weighted by molar-refractivity contribution is 0.0469. The maximum Gasteiger partial charge on any atom is 0.0868 e. The van der Waals surface area contributed by atoms with E-state index in [2.05, 4.69) is 32.9 Å². The molecule has 0 amide bonds. The zero-order valence-electron chi connectivity index (χ0n) is 9.59. The van der Waals surface area contributed by atoms with Gasteiger partial charge in [-0.2, -0.15) is 0 Å². The summed E-state index contributed by atoms with van der Waals surface area (Å²) >= 11 is 0. The van der Waals surface area contributed by atoms with E-state index in [1.54, 1.807) is 0 Å². The van der Waals surface area contributed by atoms with Gasteiger partial charge in [0, 0.05) is 0 Å². The molecule has 0 aliphatic rings. The largest absolute Gasteiger partial charge is 0.385 e. The molecule has 1 aromatic rings. The van der Waals surface area contributed by atoms with Gasteiger partial charge >= 0.3 is 0 Å². The normalized spacial score (nSPS) is 15.2. The molecule has 1 aromatic carbocycles. The Morgan fingerprint density at radius 3 is 2.36 bits per heavy atom. The summed E-state index contributed by atoms with van der Waals surface area (Å²) in [6.07, 6.45) is 1.81. The lowest BCUT2D eigenvalue weighted by Gasteiger charge is -2.24. The van der Waals surface area contributed by atoms with Crippen molar-refractivity contribution in [2.75, 3.05) is 0 Å². The molecule has 0 heterocycles. The van der Waals surface area contributed by atoms with Gasteiger partial charge in [-0.1, -0.05) is 31.5 Å². The third-order valence-electron chi connectivity index (χ3n) is 2.87. The van der Waals surface area contributed by atoms with Gasteiger partial charge < -0.3 is 5.11 Å². The van der Waals surface area contributed by atoms with Crippen LogP contribution >= 0.6 is 0 Å². The van der Waals surface area contributed by atoms with Crippen molar-refractivity contribution in [3.05, 3.63) is 34.9 Å². The quantitative estimate of drug-likeness (QED) is 0.779. The van der Waals surface area contributed by atoms with Gasteiger partial charge in [0.2, 0.25) is 0 Å². The van der Waals surface area contributed by atoms with Crippen LogP contribution in [0.4, 0.5) is 0 Å². The fourth-order valence-electron chi connectivity index (χ4n) is 1.71. The second-order valence-corrected chi connectivity index (χ2v) is 4.32. The van der Waals surface area contributed by atoms with E-state index in [0.717, 1.165) is 18.4 Å². The maximum atomic E-state index is 10.2. The lowest BCUT2D eigenvalue weighted by atomic mass is 9.89. The first kappa shape index (κ1) is 11.3. The van der Waals surface area contributed by atoms with Gasteiger partial charge in [-0.05, 0) is 43.9 Å². The van der Waals surface area contributed by atoms with E-state index in [1.807, 2.05) is 13.0 Å². The molecule has 1 heteroatoms. The molecule has 1 atom stereocenters. The highest BCUT2D eigenvalue weighted by Crippen LogP contribution is 2.27. The highest BCUT2D eigenvalue weighted by molar-refractivity contribution is 5.32. The molecule has 14 heavy (non-hydrogen) atoms. The zero-order chi connectivity index (χ0) is 10.8. The average molecular weight is 192 g/mol. The molecular weight excluding hydrogens is 172 g/mol. The monoisotopic (exact) mass is 192 g/mol. The number of rotatable bonds is 3. The van der Waals surface area contributed by atoms with Gasteiger partial charge in [0.25, 0.3) is 0 Å². The summed E-state index contributed by atoms with van der Waals surface area (Å²) in [5.41, 5.74) is 2.88. The SMILES string of the molecule is CCC[C@](C)(O)c1ccc(C)c(C)c1. The molecule has 1 nitrogen and oxygen atoms in total. The molecule has 0 radical (unpaired) electrons. The predicted octanol–water partition coefficient (Wildman–Crippen LogP) is 3.31. The molecule has 0 bridgehead atoms. The second kappa shape index (κ2) is 4.14. The van der Waals surface area contributed by atoms with Crippen molar-refractivity contribution >= 4 is 0 Å². The third-order valence-corrected chi connectivity index (χ3v) is 2.87. The van der Waals surface area contributed by atoms with Gasteiger partial charge in [0.15, 0.2) is 0 Å². The van der Waals surface area contributed by atoms with Gasteiger partial charge in [-0.3, -0.25) is 0 Å². The first-order valence-electron chi connectivity index (χ1n) is 5.27. The minimum atomic E-state index is -0.673. The number of aryl methyl sites for hydroxylation is 2. The van der Waals surface area contributed by atoms with Crippen LogP contribution in [0.1, 0.15) is 43.4 Å². The molecule has 0 aliphatic heterocycles. The van der Waals surface area contributed by atoms with E-state index in [0.29, 0.717) is 0 Å². The van der Waals surface area contributed by atoms with Crippen molar-refractivity contribution in [2.45, 2.75) is 46.1 Å². The summed E-state index contributed by atoms with van der Waals surface area (Å²) in [6.45, 7) is 8.16. The van der Waals surface area contributed by atoms with Crippen LogP contribution in [0, 0.1) is 13.8 Å². The Bertz CT molecular complexity index is 313. The van der Waals surface area contributed by atoms with Crippen molar-refractivity contribution in [2.24, 2.45) is 0 Å². The van der Waals surface area contributed by atoms with Crippen molar-refractivity contribution in [1.29, 1.82) is 0 Å². The van der Waals surface area contributed by atoms with Gasteiger partial charge in [-0.25, -0.2) is 0 Å². The summed E-state index contributed by atoms with van der Waals surface area (Å²) < 4.78 is 0. The minimum absolute atomic E-state index is 0.673. The smallest absolute Gasteiger partial charge is 0.0868 e. The zero-order valence-corrected chi connectivity index (χ0v) is 9.59. The number of aliphatic hydroxyl groups is 1. The molecule has 1 rings (SSSR count). The summed E-state index contributed by atoms with van der Waals surface area (Å²) in [4.78, 5) is 0. The van der Waals surface area contributed by atoms with E-state index in [1.165, 1.54) is 11.1 Å². The Hall–Kier alpha value is -0.820. The molecule has 0 aromatic heterocycles. The van der Waals surface area contributed by atoms with Gasteiger partial charge in [0.05, 0.1) is 5.60 Å². The Labute approximate surface area is 86.8 Å². The summed E-state index contributed by atoms with van der Waals surface area (Å²) in [5.74, 6) is 0. The molecule has 78 valence electrons. The Morgan fingerprint density at radius 1 is 1.21 bits per heavy atom. The van der Waals surface area contributed by atoms with Gasteiger partial charge in [0.1, 0.15) is 0 Å². The minimum Gasteiger partial charge on any atom is -0.385 e. The van der Waals surface area contributed by atoms with Crippen LogP contribution in [-0.2, 0) is 5.60 Å². The first-order valence-corrected chi connectivity index (χ1v) is 5.27. The lowest BCUT2D eigenvalue weighted by Crippen LogP contribution is -2.20. The standard InChI is InChI=1S/C13H20O/c1-5-8-13(4,14)12-7-6-10(2)11(3)9-12/h6-7,9,14H,5,8H2,1-4H3/t13-/m0/s1. The first-order chi connectivity index (χ1) is 6.47. The van der Waals surface area contributed by atoms with E-state index >= 15 is 0 Å². The number of benzene rings is 1. The molecule has 1 N–H and O–H groups in total. The third kappa shape index (κ3) is 2.36. The van der Waals surface area contributed by atoms with Crippen LogP contribution in [0.15, 0.2) is 18.2 Å². The number of hydrogen-bond donors (Lipinski definition) is 1. The molecule has 0 unspecified atom stereocenters. The molecular formula is C13H20O. The molecule has 0 spiro atoms. The van der Waals surface area contributed by atoms with E-state index in [9.17, 15) is 5.11 Å². The Balaban J connectivity index is 3.01. The van der Waals surface area contributed by atoms with E-state index in [-0.39, 0.29) is 0 Å². The second-order valence-electron chi connectivity index (χ2n) is 4.32. The van der Waals surface area contributed by atoms with Crippen LogP contribution in [0.3, 0.4) is 0 Å². The maximum absolute atomic E-state index is 10.2. The Morgan fingerprint density at radius 2 is 1.86 bits per heavy atom. The van der Waals surface area contributed by atoms with Crippen LogP contribution in [0.5, 0.6) is 0 Å². The fourth-order valence-corrected chi connectivity index (χ4v) is 1.71. The van der Waals surface area contributed by atoms with Crippen molar-refractivity contribution < 1.29 is 5.11 Å².